The molecule has 1 fully saturated rings. The van der Waals surface area contributed by atoms with Gasteiger partial charge in [0.05, 0.1) is 11.0 Å². The monoisotopic (exact) mass is 247 g/mol. The van der Waals surface area contributed by atoms with Gasteiger partial charge in [0.2, 0.25) is 0 Å². The molecule has 1 saturated heterocycles. The zero-order valence-electron chi connectivity index (χ0n) is 9.90. The Morgan fingerprint density at radius 1 is 1.33 bits per heavy atom. The van der Waals surface area contributed by atoms with Crippen molar-refractivity contribution in [3.8, 4) is 0 Å². The maximum atomic E-state index is 13.0. The molecule has 1 N–H and O–H groups in total. The maximum Gasteiger partial charge on any atom is 0.289 e. The van der Waals surface area contributed by atoms with Gasteiger partial charge in [-0.25, -0.2) is 9.37 Å². The minimum atomic E-state index is -0.773. The summed E-state index contributed by atoms with van der Waals surface area (Å²) in [5.41, 5.74) is 1.63. The number of halogens is 1. The van der Waals surface area contributed by atoms with Crippen LogP contribution in [0.3, 0.4) is 0 Å². The summed E-state index contributed by atoms with van der Waals surface area (Å²) in [7, 11) is 0. The molecule has 1 amide bonds. The van der Waals surface area contributed by atoms with Crippen LogP contribution < -0.4 is 0 Å². The third-order valence-electron chi connectivity index (χ3n) is 3.30. The van der Waals surface area contributed by atoms with Gasteiger partial charge >= 0.3 is 0 Å². The number of fused-ring (bicyclic) bond motifs is 1. The smallest absolute Gasteiger partial charge is 0.289 e. The third-order valence-corrected chi connectivity index (χ3v) is 3.30. The van der Waals surface area contributed by atoms with Gasteiger partial charge in [-0.1, -0.05) is 12.1 Å². The average Bonchev–Trinajstić information content (AvgIpc) is 2.82. The van der Waals surface area contributed by atoms with E-state index in [-0.39, 0.29) is 5.91 Å². The largest absolute Gasteiger partial charge is 0.336 e. The Morgan fingerprint density at radius 3 is 2.78 bits per heavy atom. The summed E-state index contributed by atoms with van der Waals surface area (Å²) >= 11 is 0. The molecular weight excluding hydrogens is 233 g/mol. The summed E-state index contributed by atoms with van der Waals surface area (Å²) in [6, 6.07) is 7.51. The fourth-order valence-electron chi connectivity index (χ4n) is 2.25. The number of hydrogen-bond acceptors (Lipinski definition) is 2. The van der Waals surface area contributed by atoms with Crippen molar-refractivity contribution in [1.29, 1.82) is 0 Å². The van der Waals surface area contributed by atoms with E-state index in [4.69, 9.17) is 0 Å². The zero-order valence-corrected chi connectivity index (χ0v) is 9.90. The van der Waals surface area contributed by atoms with Gasteiger partial charge in [-0.15, -0.1) is 0 Å². The molecule has 0 unspecified atom stereocenters. The van der Waals surface area contributed by atoms with E-state index < -0.39 is 6.17 Å². The number of aromatic nitrogens is 2. The summed E-state index contributed by atoms with van der Waals surface area (Å²) in [6.45, 7) is 0.939. The van der Waals surface area contributed by atoms with E-state index in [0.717, 1.165) is 11.0 Å². The predicted molar refractivity (Wildman–Crippen MR) is 66.1 cm³/mol. The SMILES string of the molecule is O=C(c1nc2ccccc2[nH]1)N1CCC(F)CC1. The first-order chi connectivity index (χ1) is 8.74. The molecule has 1 aliphatic rings. The summed E-state index contributed by atoms with van der Waals surface area (Å²) in [4.78, 5) is 21.1. The van der Waals surface area contributed by atoms with Crippen LogP contribution in [0.4, 0.5) is 4.39 Å². The lowest BCUT2D eigenvalue weighted by atomic mass is 10.1. The molecule has 18 heavy (non-hydrogen) atoms. The zero-order chi connectivity index (χ0) is 12.5. The van der Waals surface area contributed by atoms with Gasteiger partial charge < -0.3 is 9.88 Å². The highest BCUT2D eigenvalue weighted by Gasteiger charge is 2.24. The molecule has 0 aliphatic carbocycles. The molecule has 3 rings (SSSR count). The molecule has 0 saturated carbocycles. The van der Waals surface area contributed by atoms with Gasteiger partial charge in [0.15, 0.2) is 5.82 Å². The van der Waals surface area contributed by atoms with E-state index in [2.05, 4.69) is 9.97 Å². The first-order valence-corrected chi connectivity index (χ1v) is 6.12. The Labute approximate surface area is 104 Å². The van der Waals surface area contributed by atoms with Crippen molar-refractivity contribution in [2.75, 3.05) is 13.1 Å². The van der Waals surface area contributed by atoms with Crippen molar-refractivity contribution >= 4 is 16.9 Å². The minimum absolute atomic E-state index is 0.141. The molecule has 2 aromatic rings. The van der Waals surface area contributed by atoms with Crippen molar-refractivity contribution in [3.63, 3.8) is 0 Å². The predicted octanol–water partition coefficient (Wildman–Crippen LogP) is 2.14. The molecular formula is C13H14FN3O. The van der Waals surface area contributed by atoms with Gasteiger partial charge in [-0.05, 0) is 25.0 Å². The number of piperidine rings is 1. The standard InChI is InChI=1S/C13H14FN3O/c14-9-5-7-17(8-6-9)13(18)12-15-10-3-1-2-4-11(10)16-12/h1-4,9H,5-8H2,(H,15,16). The number of carbonyl (C=O) groups is 1. The number of benzene rings is 1. The molecule has 1 aromatic carbocycles. The molecule has 1 aliphatic heterocycles. The van der Waals surface area contributed by atoms with Crippen LogP contribution in [0.5, 0.6) is 0 Å². The van der Waals surface area contributed by atoms with Crippen LogP contribution in [0.25, 0.3) is 11.0 Å². The van der Waals surface area contributed by atoms with Gasteiger partial charge in [-0.2, -0.15) is 0 Å². The first kappa shape index (κ1) is 11.2. The normalized spacial score (nSPS) is 17.3. The van der Waals surface area contributed by atoms with E-state index in [9.17, 15) is 9.18 Å². The molecule has 0 bridgehead atoms. The number of H-pyrrole nitrogens is 1. The highest BCUT2D eigenvalue weighted by Crippen LogP contribution is 2.17. The number of aromatic amines is 1. The Kier molecular flexibility index (Phi) is 2.74. The number of nitrogens with zero attached hydrogens (tertiary/aromatic N) is 2. The van der Waals surface area contributed by atoms with Crippen molar-refractivity contribution in [2.45, 2.75) is 19.0 Å². The summed E-state index contributed by atoms with van der Waals surface area (Å²) in [5.74, 6) is 0.201. The Balaban J connectivity index is 1.83. The Morgan fingerprint density at radius 2 is 2.06 bits per heavy atom. The minimum Gasteiger partial charge on any atom is -0.336 e. The number of alkyl halides is 1. The molecule has 94 valence electrons. The summed E-state index contributed by atoms with van der Waals surface area (Å²) < 4.78 is 13.0. The number of likely N-dealkylation sites (tertiary alicyclic amines) is 1. The van der Waals surface area contributed by atoms with Crippen molar-refractivity contribution < 1.29 is 9.18 Å². The van der Waals surface area contributed by atoms with E-state index in [1.807, 2.05) is 24.3 Å². The quantitative estimate of drug-likeness (QED) is 0.839. The second-order valence-electron chi connectivity index (χ2n) is 4.57. The molecule has 0 atom stereocenters. The van der Waals surface area contributed by atoms with Gasteiger partial charge in [0.1, 0.15) is 6.17 Å². The van der Waals surface area contributed by atoms with E-state index >= 15 is 0 Å². The van der Waals surface area contributed by atoms with Crippen LogP contribution in [0.2, 0.25) is 0 Å². The highest BCUT2D eigenvalue weighted by atomic mass is 19.1. The van der Waals surface area contributed by atoms with Gasteiger partial charge in [0, 0.05) is 13.1 Å². The van der Waals surface area contributed by atoms with Crippen LogP contribution in [-0.2, 0) is 0 Å². The van der Waals surface area contributed by atoms with E-state index in [1.54, 1.807) is 4.90 Å². The maximum absolute atomic E-state index is 13.0. The number of carbonyl (C=O) groups excluding carboxylic acids is 1. The number of imidazole rings is 1. The molecule has 1 aromatic heterocycles. The molecule has 5 heteroatoms. The van der Waals surface area contributed by atoms with E-state index in [1.165, 1.54) is 0 Å². The van der Waals surface area contributed by atoms with Crippen molar-refractivity contribution in [3.05, 3.63) is 30.1 Å². The second kappa shape index (κ2) is 4.40. The summed E-state index contributed by atoms with van der Waals surface area (Å²) in [6.07, 6.45) is 0.0718. The fraction of sp³-hybridized carbons (Fsp3) is 0.385. The lowest BCUT2D eigenvalue weighted by molar-refractivity contribution is 0.0656. The lowest BCUT2D eigenvalue weighted by Gasteiger charge is -2.27. The lowest BCUT2D eigenvalue weighted by Crippen LogP contribution is -2.39. The third kappa shape index (κ3) is 1.96. The second-order valence-corrected chi connectivity index (χ2v) is 4.57. The number of nitrogens with one attached hydrogen (secondary N) is 1. The number of para-hydroxylation sites is 2. The van der Waals surface area contributed by atoms with Crippen LogP contribution >= 0.6 is 0 Å². The van der Waals surface area contributed by atoms with Crippen LogP contribution in [0.1, 0.15) is 23.5 Å². The van der Waals surface area contributed by atoms with Gasteiger partial charge in [-0.3, -0.25) is 4.79 Å². The van der Waals surface area contributed by atoms with Gasteiger partial charge in [0.25, 0.3) is 5.91 Å². The van der Waals surface area contributed by atoms with Crippen LogP contribution in [0.15, 0.2) is 24.3 Å². The Hall–Kier alpha value is -1.91. The van der Waals surface area contributed by atoms with E-state index in [0.29, 0.717) is 31.8 Å². The number of hydrogen-bond donors (Lipinski definition) is 1. The van der Waals surface area contributed by atoms with Crippen molar-refractivity contribution in [2.24, 2.45) is 0 Å². The average molecular weight is 247 g/mol. The topological polar surface area (TPSA) is 49.0 Å². The van der Waals surface area contributed by atoms with Crippen LogP contribution in [-0.4, -0.2) is 40.0 Å². The Bertz CT molecular complexity index is 539. The molecule has 0 radical (unpaired) electrons. The summed E-state index contributed by atoms with van der Waals surface area (Å²) in [5, 5.41) is 0. The molecule has 2 heterocycles. The van der Waals surface area contributed by atoms with Crippen LogP contribution in [0, 0.1) is 0 Å². The number of rotatable bonds is 1. The van der Waals surface area contributed by atoms with Crippen molar-refractivity contribution in [1.82, 2.24) is 14.9 Å². The molecule has 4 nitrogen and oxygen atoms in total. The highest BCUT2D eigenvalue weighted by molar-refractivity contribution is 5.94. The molecule has 0 spiro atoms. The number of amides is 1. The fourth-order valence-corrected chi connectivity index (χ4v) is 2.25. The first-order valence-electron chi connectivity index (χ1n) is 6.12.